The highest BCUT2D eigenvalue weighted by Gasteiger charge is 2.15. The molecule has 0 saturated heterocycles. The fourth-order valence-corrected chi connectivity index (χ4v) is 3.73. The SMILES string of the molecule is CCOC(Cc1ccc(NCCCN2CCCc3ccccc32)cc1)C(=O)[O-]. The number of carbonyl (C=O) groups excluding carboxylic acids is 1. The Bertz CT molecular complexity index is 761. The predicted octanol–water partition coefficient (Wildman–Crippen LogP) is 2.64. The molecule has 0 saturated carbocycles. The Morgan fingerprint density at radius 1 is 1.21 bits per heavy atom. The van der Waals surface area contributed by atoms with Gasteiger partial charge in [0.15, 0.2) is 0 Å². The molecular formula is C23H29N2O3-. The van der Waals surface area contributed by atoms with Crippen LogP contribution in [0.15, 0.2) is 48.5 Å². The average Bonchev–Trinajstić information content (AvgIpc) is 2.72. The normalized spacial score (nSPS) is 14.4. The average molecular weight is 381 g/mol. The summed E-state index contributed by atoms with van der Waals surface area (Å²) in [6.07, 6.45) is 2.90. The highest BCUT2D eigenvalue weighted by atomic mass is 16.5. The number of carboxylic acids is 1. The van der Waals surface area contributed by atoms with Crippen LogP contribution in [0.1, 0.15) is 30.9 Å². The lowest BCUT2D eigenvalue weighted by atomic mass is 10.0. The van der Waals surface area contributed by atoms with Gasteiger partial charge in [-0.1, -0.05) is 30.3 Å². The maximum Gasteiger partial charge on any atom is 0.101 e. The lowest BCUT2D eigenvalue weighted by Crippen LogP contribution is -2.39. The van der Waals surface area contributed by atoms with Crippen molar-refractivity contribution in [3.05, 3.63) is 59.7 Å². The monoisotopic (exact) mass is 381 g/mol. The fraction of sp³-hybridized carbons (Fsp3) is 0.435. The largest absolute Gasteiger partial charge is 0.547 e. The molecule has 0 spiro atoms. The molecule has 5 heteroatoms. The van der Waals surface area contributed by atoms with Crippen LogP contribution in [0.5, 0.6) is 0 Å². The number of aryl methyl sites for hydroxylation is 1. The number of aliphatic carboxylic acids is 1. The first kappa shape index (κ1) is 20.2. The molecule has 1 N–H and O–H groups in total. The van der Waals surface area contributed by atoms with Crippen LogP contribution in [0, 0.1) is 0 Å². The zero-order valence-corrected chi connectivity index (χ0v) is 16.5. The topological polar surface area (TPSA) is 64.6 Å². The Labute approximate surface area is 167 Å². The number of nitrogens with one attached hydrogen (secondary N) is 1. The summed E-state index contributed by atoms with van der Waals surface area (Å²) >= 11 is 0. The van der Waals surface area contributed by atoms with E-state index >= 15 is 0 Å². The van der Waals surface area contributed by atoms with E-state index < -0.39 is 12.1 Å². The number of para-hydroxylation sites is 1. The summed E-state index contributed by atoms with van der Waals surface area (Å²) in [4.78, 5) is 13.6. The van der Waals surface area contributed by atoms with E-state index in [4.69, 9.17) is 4.74 Å². The zero-order valence-electron chi connectivity index (χ0n) is 16.5. The van der Waals surface area contributed by atoms with Crippen molar-refractivity contribution in [1.29, 1.82) is 0 Å². The minimum absolute atomic E-state index is 0.324. The van der Waals surface area contributed by atoms with Crippen molar-refractivity contribution in [1.82, 2.24) is 0 Å². The summed E-state index contributed by atoms with van der Waals surface area (Å²) in [5, 5.41) is 14.5. The molecule has 0 radical (unpaired) electrons. The summed E-state index contributed by atoms with van der Waals surface area (Å²) in [5.41, 5.74) is 4.82. The first-order chi connectivity index (χ1) is 13.7. The highest BCUT2D eigenvalue weighted by Crippen LogP contribution is 2.26. The van der Waals surface area contributed by atoms with Crippen LogP contribution in [-0.2, 0) is 22.4 Å². The van der Waals surface area contributed by atoms with E-state index in [0.29, 0.717) is 13.0 Å². The highest BCUT2D eigenvalue weighted by molar-refractivity contribution is 5.70. The van der Waals surface area contributed by atoms with Crippen LogP contribution in [-0.4, -0.2) is 38.3 Å². The van der Waals surface area contributed by atoms with Gasteiger partial charge in [-0.2, -0.15) is 0 Å². The molecule has 0 aliphatic carbocycles. The molecule has 1 aliphatic heterocycles. The smallest absolute Gasteiger partial charge is 0.101 e. The van der Waals surface area contributed by atoms with Crippen LogP contribution >= 0.6 is 0 Å². The molecule has 5 nitrogen and oxygen atoms in total. The van der Waals surface area contributed by atoms with Crippen molar-refractivity contribution in [2.24, 2.45) is 0 Å². The van der Waals surface area contributed by atoms with Gasteiger partial charge in [-0.3, -0.25) is 0 Å². The third-order valence-electron chi connectivity index (χ3n) is 5.15. The van der Waals surface area contributed by atoms with Crippen molar-refractivity contribution < 1.29 is 14.6 Å². The van der Waals surface area contributed by atoms with Crippen molar-refractivity contribution >= 4 is 17.3 Å². The van der Waals surface area contributed by atoms with Gasteiger partial charge >= 0.3 is 0 Å². The van der Waals surface area contributed by atoms with Gasteiger partial charge in [0.05, 0.1) is 5.97 Å². The lowest BCUT2D eigenvalue weighted by molar-refractivity contribution is -0.316. The second-order valence-electron chi connectivity index (χ2n) is 7.16. The summed E-state index contributed by atoms with van der Waals surface area (Å²) in [6.45, 7) is 5.22. The van der Waals surface area contributed by atoms with E-state index in [2.05, 4.69) is 34.5 Å². The van der Waals surface area contributed by atoms with Gasteiger partial charge in [0, 0.05) is 44.0 Å². The molecule has 150 valence electrons. The number of benzene rings is 2. The number of carboxylic acid groups (broad SMARTS) is 1. The number of hydrogen-bond donors (Lipinski definition) is 1. The summed E-state index contributed by atoms with van der Waals surface area (Å²) in [6, 6.07) is 16.6. The molecule has 0 amide bonds. The first-order valence-electron chi connectivity index (χ1n) is 10.2. The Morgan fingerprint density at radius 3 is 2.75 bits per heavy atom. The van der Waals surface area contributed by atoms with Crippen molar-refractivity contribution in [2.75, 3.05) is 36.5 Å². The molecule has 1 heterocycles. The van der Waals surface area contributed by atoms with Gasteiger partial charge in [-0.25, -0.2) is 0 Å². The number of hydrogen-bond acceptors (Lipinski definition) is 5. The van der Waals surface area contributed by atoms with Gasteiger partial charge in [-0.05, 0) is 55.5 Å². The van der Waals surface area contributed by atoms with E-state index in [1.807, 2.05) is 24.3 Å². The number of ether oxygens (including phenoxy) is 1. The Morgan fingerprint density at radius 2 is 2.00 bits per heavy atom. The maximum atomic E-state index is 11.1. The standard InChI is InChI=1S/C23H30N2O3/c1-2-28-22(23(26)27)17-18-10-12-20(13-11-18)24-14-6-16-25-15-5-8-19-7-3-4-9-21(19)25/h3-4,7,9-13,22,24H,2,5-6,8,14-17H2,1H3,(H,26,27)/p-1. The third-order valence-corrected chi connectivity index (χ3v) is 5.15. The minimum Gasteiger partial charge on any atom is -0.547 e. The van der Waals surface area contributed by atoms with E-state index in [-0.39, 0.29) is 0 Å². The number of fused-ring (bicyclic) bond motifs is 1. The summed E-state index contributed by atoms with van der Waals surface area (Å²) < 4.78 is 5.22. The quantitative estimate of drug-likeness (QED) is 0.641. The first-order valence-corrected chi connectivity index (χ1v) is 10.2. The molecule has 0 fully saturated rings. The van der Waals surface area contributed by atoms with Crippen molar-refractivity contribution in [3.8, 4) is 0 Å². The Hall–Kier alpha value is -2.53. The second kappa shape index (κ2) is 10.1. The number of anilines is 2. The van der Waals surface area contributed by atoms with E-state index in [0.717, 1.165) is 37.3 Å². The van der Waals surface area contributed by atoms with E-state index in [1.165, 1.54) is 24.1 Å². The van der Waals surface area contributed by atoms with Crippen LogP contribution in [0.3, 0.4) is 0 Å². The third kappa shape index (κ3) is 5.49. The number of carbonyl (C=O) groups is 1. The van der Waals surface area contributed by atoms with Crippen LogP contribution in [0.2, 0.25) is 0 Å². The molecule has 0 aromatic heterocycles. The van der Waals surface area contributed by atoms with Gasteiger partial charge in [0.1, 0.15) is 6.10 Å². The molecular weight excluding hydrogens is 352 g/mol. The van der Waals surface area contributed by atoms with E-state index in [9.17, 15) is 9.90 Å². The molecule has 0 bridgehead atoms. The van der Waals surface area contributed by atoms with Crippen molar-refractivity contribution in [2.45, 2.75) is 38.7 Å². The van der Waals surface area contributed by atoms with Gasteiger partial charge in [0.2, 0.25) is 0 Å². The predicted molar refractivity (Wildman–Crippen MR) is 111 cm³/mol. The molecule has 3 rings (SSSR count). The van der Waals surface area contributed by atoms with Crippen LogP contribution in [0.4, 0.5) is 11.4 Å². The summed E-state index contributed by atoms with van der Waals surface area (Å²) in [7, 11) is 0. The van der Waals surface area contributed by atoms with E-state index in [1.54, 1.807) is 6.92 Å². The summed E-state index contributed by atoms with van der Waals surface area (Å²) in [5.74, 6) is -1.16. The molecule has 1 atom stereocenters. The zero-order chi connectivity index (χ0) is 19.8. The number of rotatable bonds is 10. The minimum atomic E-state index is -1.16. The second-order valence-corrected chi connectivity index (χ2v) is 7.16. The Balaban J connectivity index is 1.44. The van der Waals surface area contributed by atoms with Crippen LogP contribution < -0.4 is 15.3 Å². The molecule has 28 heavy (non-hydrogen) atoms. The van der Waals surface area contributed by atoms with Gasteiger partial charge in [-0.15, -0.1) is 0 Å². The van der Waals surface area contributed by atoms with Gasteiger partial charge < -0.3 is 24.9 Å². The lowest BCUT2D eigenvalue weighted by Gasteiger charge is -2.31. The number of nitrogens with zero attached hydrogens (tertiary/aromatic N) is 1. The molecule has 1 unspecified atom stereocenters. The molecule has 2 aromatic rings. The van der Waals surface area contributed by atoms with Crippen molar-refractivity contribution in [3.63, 3.8) is 0 Å². The maximum absolute atomic E-state index is 11.1. The molecule has 2 aromatic carbocycles. The van der Waals surface area contributed by atoms with Gasteiger partial charge in [0.25, 0.3) is 0 Å². The molecule has 1 aliphatic rings. The fourth-order valence-electron chi connectivity index (χ4n) is 3.73. The Kier molecular flexibility index (Phi) is 7.31. The van der Waals surface area contributed by atoms with Crippen LogP contribution in [0.25, 0.3) is 0 Å².